The standard InChI is InChI=1S/C21H29N3O3S/c1-20(2,3)27-19(25)24-16-11-7-6-10-15(16)21(17(24)26-4)14-22-18(28-21)23-12-8-5-9-13-23/h6-7,10-11,17H,5,8-9,12-14H2,1-4H3/t17-,21+/m1/s1. The number of methoxy groups -OCH3 is 1. The third-order valence-electron chi connectivity index (χ3n) is 5.42. The Labute approximate surface area is 171 Å². The minimum Gasteiger partial charge on any atom is -0.443 e. The van der Waals surface area contributed by atoms with Crippen molar-refractivity contribution in [2.75, 3.05) is 31.6 Å². The fourth-order valence-electron chi connectivity index (χ4n) is 4.24. The van der Waals surface area contributed by atoms with E-state index in [-0.39, 0.29) is 6.09 Å². The molecule has 0 radical (unpaired) electrons. The Bertz CT molecular complexity index is 785. The van der Waals surface area contributed by atoms with Crippen LogP contribution in [0.2, 0.25) is 0 Å². The van der Waals surface area contributed by atoms with Crippen LogP contribution in [0.15, 0.2) is 29.3 Å². The average Bonchev–Trinajstić information content (AvgIpc) is 3.22. The molecule has 152 valence electrons. The number of amides is 1. The number of anilines is 1. The lowest BCUT2D eigenvalue weighted by atomic mass is 9.99. The SMILES string of the molecule is CO[C@H]1N(C(=O)OC(C)(C)C)c2ccccc2[C@@]12CN=C(N1CCCCC1)S2. The molecule has 0 N–H and O–H groups in total. The third kappa shape index (κ3) is 3.28. The molecule has 1 fully saturated rings. The summed E-state index contributed by atoms with van der Waals surface area (Å²) in [5, 5.41) is 1.07. The smallest absolute Gasteiger partial charge is 0.417 e. The summed E-state index contributed by atoms with van der Waals surface area (Å²) in [6, 6.07) is 8.03. The van der Waals surface area contributed by atoms with Gasteiger partial charge in [0.05, 0.1) is 12.2 Å². The van der Waals surface area contributed by atoms with Gasteiger partial charge in [-0.15, -0.1) is 0 Å². The van der Waals surface area contributed by atoms with E-state index in [4.69, 9.17) is 14.5 Å². The Morgan fingerprint density at radius 1 is 1.21 bits per heavy atom. The maximum atomic E-state index is 13.1. The molecule has 3 aliphatic rings. The Morgan fingerprint density at radius 2 is 1.93 bits per heavy atom. The highest BCUT2D eigenvalue weighted by atomic mass is 32.2. The number of para-hydroxylation sites is 1. The van der Waals surface area contributed by atoms with Crippen LogP contribution >= 0.6 is 11.8 Å². The Hall–Kier alpha value is -1.73. The van der Waals surface area contributed by atoms with Gasteiger partial charge in [0.2, 0.25) is 0 Å². The van der Waals surface area contributed by atoms with E-state index in [2.05, 4.69) is 11.0 Å². The first-order valence-electron chi connectivity index (χ1n) is 9.99. The molecule has 0 saturated carbocycles. The predicted molar refractivity (Wildman–Crippen MR) is 113 cm³/mol. The van der Waals surface area contributed by atoms with E-state index in [1.807, 2.05) is 39.0 Å². The first-order valence-corrected chi connectivity index (χ1v) is 10.8. The van der Waals surface area contributed by atoms with Crippen LogP contribution in [-0.2, 0) is 14.2 Å². The summed E-state index contributed by atoms with van der Waals surface area (Å²) in [5.41, 5.74) is 1.37. The summed E-state index contributed by atoms with van der Waals surface area (Å²) in [7, 11) is 1.66. The maximum absolute atomic E-state index is 13.1. The van der Waals surface area contributed by atoms with Crippen LogP contribution in [0, 0.1) is 0 Å². The van der Waals surface area contributed by atoms with Crippen molar-refractivity contribution in [2.45, 2.75) is 56.6 Å². The summed E-state index contributed by atoms with van der Waals surface area (Å²) in [4.78, 5) is 22.0. The topological polar surface area (TPSA) is 54.4 Å². The Kier molecular flexibility index (Phi) is 5.08. The van der Waals surface area contributed by atoms with Crippen molar-refractivity contribution in [3.05, 3.63) is 29.8 Å². The number of likely N-dealkylation sites (tertiary alicyclic amines) is 1. The van der Waals surface area contributed by atoms with Crippen LogP contribution in [0.5, 0.6) is 0 Å². The molecule has 1 aromatic carbocycles. The molecule has 6 nitrogen and oxygen atoms in total. The van der Waals surface area contributed by atoms with E-state index in [0.717, 1.165) is 29.5 Å². The minimum atomic E-state index is -0.571. The van der Waals surface area contributed by atoms with Gasteiger partial charge < -0.3 is 14.4 Å². The van der Waals surface area contributed by atoms with E-state index in [1.165, 1.54) is 19.3 Å². The average molecular weight is 404 g/mol. The van der Waals surface area contributed by atoms with Crippen LogP contribution in [0.3, 0.4) is 0 Å². The number of hydrogen-bond donors (Lipinski definition) is 0. The van der Waals surface area contributed by atoms with E-state index < -0.39 is 16.6 Å². The van der Waals surface area contributed by atoms with Crippen molar-refractivity contribution in [1.82, 2.24) is 4.90 Å². The van der Waals surface area contributed by atoms with Gasteiger partial charge in [-0.1, -0.05) is 30.0 Å². The molecule has 3 aliphatic heterocycles. The number of ether oxygens (including phenoxy) is 2. The number of rotatable bonds is 1. The normalized spacial score (nSPS) is 27.1. The van der Waals surface area contributed by atoms with Gasteiger partial charge in [0.25, 0.3) is 0 Å². The summed E-state index contributed by atoms with van der Waals surface area (Å²) in [6.07, 6.45) is 2.86. The number of fused-ring (bicyclic) bond motifs is 2. The first-order chi connectivity index (χ1) is 13.4. The van der Waals surface area contributed by atoms with Crippen molar-refractivity contribution in [3.63, 3.8) is 0 Å². The van der Waals surface area contributed by atoms with Gasteiger partial charge in [0.1, 0.15) is 10.3 Å². The van der Waals surface area contributed by atoms with Crippen molar-refractivity contribution in [2.24, 2.45) is 4.99 Å². The van der Waals surface area contributed by atoms with Crippen molar-refractivity contribution < 1.29 is 14.3 Å². The zero-order valence-electron chi connectivity index (χ0n) is 17.1. The minimum absolute atomic E-state index is 0.379. The zero-order chi connectivity index (χ0) is 19.9. The summed E-state index contributed by atoms with van der Waals surface area (Å²) >= 11 is 1.74. The molecule has 2 atom stereocenters. The number of amidine groups is 1. The van der Waals surface area contributed by atoms with Crippen LogP contribution in [-0.4, -0.2) is 54.7 Å². The van der Waals surface area contributed by atoms with Crippen molar-refractivity contribution >= 4 is 28.7 Å². The second-order valence-electron chi connectivity index (χ2n) is 8.59. The second-order valence-corrected chi connectivity index (χ2v) is 9.89. The molecule has 1 amide bonds. The molecule has 4 rings (SSSR count). The fraction of sp³-hybridized carbons (Fsp3) is 0.619. The summed E-state index contributed by atoms with van der Waals surface area (Å²) in [6.45, 7) is 8.34. The van der Waals surface area contributed by atoms with Gasteiger partial charge in [-0.05, 0) is 51.7 Å². The maximum Gasteiger partial charge on any atom is 0.417 e. The van der Waals surface area contributed by atoms with Gasteiger partial charge in [-0.3, -0.25) is 4.99 Å². The largest absolute Gasteiger partial charge is 0.443 e. The highest BCUT2D eigenvalue weighted by Gasteiger charge is 2.58. The van der Waals surface area contributed by atoms with Gasteiger partial charge in [-0.2, -0.15) is 0 Å². The molecule has 0 bridgehead atoms. The van der Waals surface area contributed by atoms with E-state index >= 15 is 0 Å². The predicted octanol–water partition coefficient (Wildman–Crippen LogP) is 4.20. The Balaban J connectivity index is 1.68. The fourth-order valence-corrected chi connectivity index (χ4v) is 5.72. The van der Waals surface area contributed by atoms with Crippen LogP contribution in [0.25, 0.3) is 0 Å². The first kappa shape index (κ1) is 19.6. The van der Waals surface area contributed by atoms with Crippen LogP contribution in [0.4, 0.5) is 10.5 Å². The van der Waals surface area contributed by atoms with Gasteiger partial charge in [0, 0.05) is 20.2 Å². The van der Waals surface area contributed by atoms with E-state index in [0.29, 0.717) is 6.54 Å². The van der Waals surface area contributed by atoms with Crippen LogP contribution in [0.1, 0.15) is 45.6 Å². The molecular formula is C21H29N3O3S. The molecule has 1 spiro atoms. The van der Waals surface area contributed by atoms with Crippen molar-refractivity contribution in [1.29, 1.82) is 0 Å². The number of nitrogens with zero attached hydrogens (tertiary/aromatic N) is 3. The van der Waals surface area contributed by atoms with Gasteiger partial charge in [0.15, 0.2) is 11.4 Å². The number of thioether (sulfide) groups is 1. The van der Waals surface area contributed by atoms with Crippen molar-refractivity contribution in [3.8, 4) is 0 Å². The van der Waals surface area contributed by atoms with Crippen LogP contribution < -0.4 is 4.90 Å². The molecule has 0 aliphatic carbocycles. The molecule has 0 aromatic heterocycles. The second kappa shape index (κ2) is 7.26. The molecular weight excluding hydrogens is 374 g/mol. The monoisotopic (exact) mass is 403 g/mol. The lowest BCUT2D eigenvalue weighted by Gasteiger charge is -2.35. The number of benzene rings is 1. The number of carbonyl (C=O) groups excluding carboxylic acids is 1. The quantitative estimate of drug-likeness (QED) is 0.703. The number of piperidine rings is 1. The summed E-state index contributed by atoms with van der Waals surface area (Å²) in [5.74, 6) is 0. The lowest BCUT2D eigenvalue weighted by molar-refractivity contribution is 0.0337. The molecule has 7 heteroatoms. The molecule has 3 heterocycles. The zero-order valence-corrected chi connectivity index (χ0v) is 17.9. The highest BCUT2D eigenvalue weighted by Crippen LogP contribution is 2.56. The number of carbonyl (C=O) groups is 1. The Morgan fingerprint density at radius 3 is 2.61 bits per heavy atom. The van der Waals surface area contributed by atoms with E-state index in [1.54, 1.807) is 23.8 Å². The molecule has 0 unspecified atom stereocenters. The lowest BCUT2D eigenvalue weighted by Crippen LogP contribution is -2.49. The summed E-state index contributed by atoms with van der Waals surface area (Å²) < 4.78 is 11.2. The molecule has 1 aromatic rings. The number of aliphatic imine (C=N–C) groups is 1. The van der Waals surface area contributed by atoms with Gasteiger partial charge in [-0.25, -0.2) is 9.69 Å². The number of hydrogen-bond acceptors (Lipinski definition) is 6. The van der Waals surface area contributed by atoms with Gasteiger partial charge >= 0.3 is 6.09 Å². The van der Waals surface area contributed by atoms with E-state index in [9.17, 15) is 4.79 Å². The highest BCUT2D eigenvalue weighted by molar-refractivity contribution is 8.15. The third-order valence-corrected chi connectivity index (χ3v) is 6.90. The molecule has 1 saturated heterocycles. The molecule has 28 heavy (non-hydrogen) atoms.